The minimum atomic E-state index is -3.98. The Hall–Kier alpha value is -2.39. The zero-order chi connectivity index (χ0) is 15.0. The number of nitrogens with one attached hydrogen (secondary N) is 2. The number of sulfonamides is 1. The average Bonchev–Trinajstić information content (AvgIpc) is 3.08. The first kappa shape index (κ1) is 13.6. The van der Waals surface area contributed by atoms with Crippen molar-refractivity contribution in [1.29, 1.82) is 0 Å². The van der Waals surface area contributed by atoms with Crippen LogP contribution in [0.5, 0.6) is 0 Å². The van der Waals surface area contributed by atoms with Crippen LogP contribution < -0.4 is 4.72 Å². The Morgan fingerprint density at radius 1 is 1.33 bits per heavy atom. The van der Waals surface area contributed by atoms with E-state index in [1.807, 2.05) is 0 Å². The summed E-state index contributed by atoms with van der Waals surface area (Å²) in [6.45, 7) is 0. The quantitative estimate of drug-likeness (QED) is 0.681. The normalized spacial score (nSPS) is 11.6. The smallest absolute Gasteiger partial charge is 0.347 e. The number of nitrogens with zero attached hydrogens (tertiary/aromatic N) is 1. The van der Waals surface area contributed by atoms with Crippen molar-refractivity contribution >= 4 is 43.9 Å². The van der Waals surface area contributed by atoms with Gasteiger partial charge in [0.05, 0.1) is 17.4 Å². The summed E-state index contributed by atoms with van der Waals surface area (Å²) in [5, 5.41) is 17.6. The van der Waals surface area contributed by atoms with Gasteiger partial charge in [-0.15, -0.1) is 11.3 Å². The third-order valence-corrected chi connectivity index (χ3v) is 5.28. The maximum absolute atomic E-state index is 12.4. The molecule has 0 bridgehead atoms. The summed E-state index contributed by atoms with van der Waals surface area (Å²) in [5.74, 6) is -1.27. The van der Waals surface area contributed by atoms with Crippen molar-refractivity contribution in [3.63, 3.8) is 0 Å². The Kier molecular flexibility index (Phi) is 3.15. The van der Waals surface area contributed by atoms with Crippen LogP contribution in [0, 0.1) is 0 Å². The van der Waals surface area contributed by atoms with Gasteiger partial charge in [0.2, 0.25) is 0 Å². The Labute approximate surface area is 123 Å². The lowest BCUT2D eigenvalue weighted by molar-refractivity contribution is 0.0698. The van der Waals surface area contributed by atoms with Gasteiger partial charge in [-0.3, -0.25) is 9.82 Å². The van der Waals surface area contributed by atoms with Crippen molar-refractivity contribution in [3.05, 3.63) is 40.7 Å². The topological polar surface area (TPSA) is 112 Å². The zero-order valence-electron chi connectivity index (χ0n) is 10.4. The lowest BCUT2D eigenvalue weighted by atomic mass is 10.2. The number of aromatic carboxylic acids is 1. The van der Waals surface area contributed by atoms with Crippen molar-refractivity contribution in [2.45, 2.75) is 4.90 Å². The number of H-pyrrole nitrogens is 1. The molecule has 0 aliphatic carbocycles. The van der Waals surface area contributed by atoms with Gasteiger partial charge in [0.15, 0.2) is 0 Å². The Balaban J connectivity index is 2.06. The molecule has 3 N–H and O–H groups in total. The van der Waals surface area contributed by atoms with Crippen LogP contribution in [0.2, 0.25) is 0 Å². The number of benzene rings is 1. The molecule has 0 amide bonds. The van der Waals surface area contributed by atoms with Crippen molar-refractivity contribution in [2.75, 3.05) is 4.72 Å². The van der Waals surface area contributed by atoms with Crippen LogP contribution in [0.1, 0.15) is 9.67 Å². The number of hydrogen-bond acceptors (Lipinski definition) is 5. The fraction of sp³-hybridized carbons (Fsp3) is 0. The van der Waals surface area contributed by atoms with Crippen LogP contribution in [0.4, 0.5) is 5.69 Å². The van der Waals surface area contributed by atoms with E-state index in [1.54, 1.807) is 18.2 Å². The number of carboxylic acids is 1. The molecule has 0 unspecified atom stereocenters. The maximum atomic E-state index is 12.4. The first-order valence-electron chi connectivity index (χ1n) is 5.75. The van der Waals surface area contributed by atoms with Crippen molar-refractivity contribution in [3.8, 4) is 0 Å². The molecule has 0 saturated carbocycles. The van der Waals surface area contributed by atoms with Crippen LogP contribution >= 0.6 is 11.3 Å². The molecule has 21 heavy (non-hydrogen) atoms. The molecular weight excluding hydrogens is 314 g/mol. The van der Waals surface area contributed by atoms with Crippen LogP contribution in [0.15, 0.2) is 40.7 Å². The minimum Gasteiger partial charge on any atom is -0.477 e. The molecule has 2 aromatic heterocycles. The van der Waals surface area contributed by atoms with Crippen LogP contribution in [-0.4, -0.2) is 29.7 Å². The highest BCUT2D eigenvalue weighted by molar-refractivity contribution is 7.93. The molecule has 0 fully saturated rings. The Morgan fingerprint density at radius 3 is 2.90 bits per heavy atom. The monoisotopic (exact) mass is 323 g/mol. The number of aromatic amines is 1. The highest BCUT2D eigenvalue weighted by Crippen LogP contribution is 2.27. The van der Waals surface area contributed by atoms with E-state index in [4.69, 9.17) is 5.11 Å². The average molecular weight is 323 g/mol. The largest absolute Gasteiger partial charge is 0.477 e. The van der Waals surface area contributed by atoms with E-state index in [0.717, 1.165) is 11.3 Å². The highest BCUT2D eigenvalue weighted by Gasteiger charge is 2.24. The summed E-state index contributed by atoms with van der Waals surface area (Å²) in [5.41, 5.74) is 1.02. The third-order valence-electron chi connectivity index (χ3n) is 2.84. The first-order valence-corrected chi connectivity index (χ1v) is 8.11. The Bertz CT molecular complexity index is 927. The van der Waals surface area contributed by atoms with Crippen LogP contribution in [0.25, 0.3) is 10.9 Å². The lowest BCUT2D eigenvalue weighted by Gasteiger charge is -2.08. The Morgan fingerprint density at radius 2 is 2.14 bits per heavy atom. The van der Waals surface area contributed by atoms with Gasteiger partial charge >= 0.3 is 5.97 Å². The van der Waals surface area contributed by atoms with Gasteiger partial charge in [-0.25, -0.2) is 13.2 Å². The molecule has 0 radical (unpaired) electrons. The molecule has 0 aliphatic heterocycles. The fourth-order valence-corrected chi connectivity index (χ4v) is 4.26. The van der Waals surface area contributed by atoms with Gasteiger partial charge in [-0.05, 0) is 23.6 Å². The summed E-state index contributed by atoms with van der Waals surface area (Å²) in [6.07, 6.45) is 1.50. The second-order valence-electron chi connectivity index (χ2n) is 4.16. The molecule has 0 atom stereocenters. The highest BCUT2D eigenvalue weighted by atomic mass is 32.2. The van der Waals surface area contributed by atoms with E-state index in [-0.39, 0.29) is 9.77 Å². The predicted molar refractivity (Wildman–Crippen MR) is 78.2 cm³/mol. The van der Waals surface area contributed by atoms with E-state index >= 15 is 0 Å². The van der Waals surface area contributed by atoms with Gasteiger partial charge in [0, 0.05) is 5.39 Å². The number of carboxylic acid groups (broad SMARTS) is 1. The lowest BCUT2D eigenvalue weighted by Crippen LogP contribution is -2.15. The van der Waals surface area contributed by atoms with Gasteiger partial charge in [-0.2, -0.15) is 5.10 Å². The van der Waals surface area contributed by atoms with E-state index in [0.29, 0.717) is 16.6 Å². The number of fused-ring (bicyclic) bond motifs is 1. The van der Waals surface area contributed by atoms with E-state index in [1.165, 1.54) is 17.6 Å². The second-order valence-corrected chi connectivity index (χ2v) is 6.73. The summed E-state index contributed by atoms with van der Waals surface area (Å²) in [4.78, 5) is 10.6. The number of thiophene rings is 1. The first-order chi connectivity index (χ1) is 9.99. The number of hydrogen-bond donors (Lipinski definition) is 3. The molecule has 0 aliphatic rings. The van der Waals surface area contributed by atoms with Crippen molar-refractivity contribution < 1.29 is 18.3 Å². The standard InChI is InChI=1S/C12H9N3O4S2/c16-12(17)11-10(4-5-20-11)21(18,19)15-9-3-1-2-8-7(9)6-13-14-8/h1-6,15H,(H,13,14)(H,16,17). The second kappa shape index (κ2) is 4.86. The molecule has 3 rings (SSSR count). The molecule has 0 saturated heterocycles. The SMILES string of the molecule is O=C(O)c1sccc1S(=O)(=O)Nc1cccc2[nH]ncc12. The fourth-order valence-electron chi connectivity index (χ4n) is 1.92. The van der Waals surface area contributed by atoms with E-state index < -0.39 is 16.0 Å². The van der Waals surface area contributed by atoms with Crippen molar-refractivity contribution in [1.82, 2.24) is 10.2 Å². The zero-order valence-corrected chi connectivity index (χ0v) is 12.0. The molecule has 108 valence electrons. The molecule has 9 heteroatoms. The van der Waals surface area contributed by atoms with Gasteiger partial charge in [-0.1, -0.05) is 6.07 Å². The number of aromatic nitrogens is 2. The minimum absolute atomic E-state index is 0.220. The molecular formula is C12H9N3O4S2. The molecule has 0 spiro atoms. The summed E-state index contributed by atoms with van der Waals surface area (Å²) < 4.78 is 27.1. The number of rotatable bonds is 4. The molecule has 1 aromatic carbocycles. The predicted octanol–water partition coefficient (Wildman–Crippen LogP) is 2.12. The summed E-state index contributed by atoms with van der Waals surface area (Å²) >= 11 is 0.863. The van der Waals surface area contributed by atoms with Gasteiger partial charge in [0.25, 0.3) is 10.0 Å². The number of anilines is 1. The van der Waals surface area contributed by atoms with Crippen molar-refractivity contribution in [2.24, 2.45) is 0 Å². The van der Waals surface area contributed by atoms with Crippen LogP contribution in [0.3, 0.4) is 0 Å². The molecule has 2 heterocycles. The van der Waals surface area contributed by atoms with E-state index in [9.17, 15) is 13.2 Å². The van der Waals surface area contributed by atoms with E-state index in [2.05, 4.69) is 14.9 Å². The maximum Gasteiger partial charge on any atom is 0.347 e. The van der Waals surface area contributed by atoms with Gasteiger partial charge in [0.1, 0.15) is 9.77 Å². The van der Waals surface area contributed by atoms with Gasteiger partial charge < -0.3 is 5.11 Å². The van der Waals surface area contributed by atoms with Crippen LogP contribution in [-0.2, 0) is 10.0 Å². The number of carbonyl (C=O) groups is 1. The summed E-state index contributed by atoms with van der Waals surface area (Å²) in [6, 6.07) is 6.28. The summed E-state index contributed by atoms with van der Waals surface area (Å²) in [7, 11) is -3.98. The molecule has 3 aromatic rings. The third kappa shape index (κ3) is 2.36. The molecule has 7 nitrogen and oxygen atoms in total.